The topological polar surface area (TPSA) is 237 Å². The minimum absolute atomic E-state index is 0.0298. The van der Waals surface area contributed by atoms with Crippen LogP contribution in [0.3, 0.4) is 0 Å². The summed E-state index contributed by atoms with van der Waals surface area (Å²) in [4.78, 5) is 72.9. The number of allylic oxidation sites excluding steroid dienone is 23. The highest BCUT2D eigenvalue weighted by atomic mass is 31.2. The summed E-state index contributed by atoms with van der Waals surface area (Å²) >= 11 is 0. The lowest BCUT2D eigenvalue weighted by Gasteiger charge is -2.21. The molecule has 0 radical (unpaired) electrons. The van der Waals surface area contributed by atoms with Crippen molar-refractivity contribution in [3.8, 4) is 0 Å². The molecule has 0 aliphatic rings. The third-order valence-corrected chi connectivity index (χ3v) is 18.2. The largest absolute Gasteiger partial charge is 0.472 e. The lowest BCUT2D eigenvalue weighted by Crippen LogP contribution is -2.30. The third kappa shape index (κ3) is 75.2. The van der Waals surface area contributed by atoms with Gasteiger partial charge in [-0.05, 0) is 116 Å². The second kappa shape index (κ2) is 76.1. The van der Waals surface area contributed by atoms with Crippen molar-refractivity contribution in [2.45, 2.75) is 329 Å². The van der Waals surface area contributed by atoms with Crippen LogP contribution in [0.2, 0.25) is 0 Å². The Morgan fingerprint density at radius 1 is 0.288 bits per heavy atom. The fourth-order valence-electron chi connectivity index (χ4n) is 10.3. The molecule has 0 spiro atoms. The van der Waals surface area contributed by atoms with Gasteiger partial charge in [-0.1, -0.05) is 315 Å². The zero-order valence-electron chi connectivity index (χ0n) is 64.9. The minimum Gasteiger partial charge on any atom is -0.462 e. The smallest absolute Gasteiger partial charge is 0.462 e. The number of hydrogen-bond donors (Lipinski definition) is 3. The van der Waals surface area contributed by atoms with E-state index in [4.69, 9.17) is 37.0 Å². The van der Waals surface area contributed by atoms with E-state index >= 15 is 0 Å². The van der Waals surface area contributed by atoms with Crippen LogP contribution in [-0.4, -0.2) is 96.7 Å². The molecule has 0 rings (SSSR count). The highest BCUT2D eigenvalue weighted by molar-refractivity contribution is 7.47. The molecule has 594 valence electrons. The standard InChI is InChI=1S/C85H142O17P2/c1-5-9-13-17-21-25-29-33-37-38-39-40-44-46-50-54-58-62-66-70-83(88)96-76-81(102-85(90)72-68-64-60-56-52-48-43-36-32-28-24-20-16-12-8-4)78-100-104(93,94)98-74-79(86)73-97-103(91,92)99-77-80(101-84(89)71-67-63-59-55-51-47-42-35-31-27-23-19-15-11-7-3)75-95-82(87)69-65-61-57-53-49-45-41-34-30-26-22-18-14-10-6-2/h9-10,13-14,21-22,25-26,33-34,36-37,39-41,43,46,49-50,53,58,61-62,65,79-81,86H,5-8,11-12,15-20,23-24,27-32,35,38,42,44-45,47-48,51-52,54-57,59-60,63-64,66-78H2,1-4H3,(H,91,92)(H,93,94)/b13-9-,14-10-,25-21-,26-22-,37-33-,40-39-,41-34-,43-36-,50-46-,53-49-,62-58-,65-61-. The molecule has 0 aliphatic carbocycles. The fraction of sp³-hybridized carbons (Fsp3) is 0.671. The van der Waals surface area contributed by atoms with E-state index in [0.29, 0.717) is 32.1 Å². The van der Waals surface area contributed by atoms with Crippen LogP contribution in [0.4, 0.5) is 0 Å². The second-order valence-electron chi connectivity index (χ2n) is 26.3. The van der Waals surface area contributed by atoms with E-state index in [1.807, 2.05) is 36.5 Å². The molecule has 0 amide bonds. The highest BCUT2D eigenvalue weighted by Gasteiger charge is 2.30. The van der Waals surface area contributed by atoms with Crippen LogP contribution in [0.15, 0.2) is 146 Å². The van der Waals surface area contributed by atoms with Crippen molar-refractivity contribution in [3.63, 3.8) is 0 Å². The van der Waals surface area contributed by atoms with Crippen molar-refractivity contribution < 1.29 is 80.2 Å². The number of hydrogen-bond acceptors (Lipinski definition) is 15. The Kier molecular flexibility index (Phi) is 72.4. The number of aliphatic hydroxyl groups excluding tert-OH is 1. The summed E-state index contributed by atoms with van der Waals surface area (Å²) in [5.41, 5.74) is 0. The molecule has 17 nitrogen and oxygen atoms in total. The summed E-state index contributed by atoms with van der Waals surface area (Å²) < 4.78 is 68.4. The van der Waals surface area contributed by atoms with E-state index in [0.717, 1.165) is 122 Å². The van der Waals surface area contributed by atoms with Gasteiger partial charge in [-0.15, -0.1) is 0 Å². The summed E-state index contributed by atoms with van der Waals surface area (Å²) in [7, 11) is -10.0. The molecule has 0 heterocycles. The van der Waals surface area contributed by atoms with Crippen molar-refractivity contribution in [3.05, 3.63) is 146 Å². The zero-order valence-corrected chi connectivity index (χ0v) is 66.7. The van der Waals surface area contributed by atoms with Gasteiger partial charge in [0.2, 0.25) is 0 Å². The molecular weight excluding hydrogens is 1350 g/mol. The average Bonchev–Trinajstić information content (AvgIpc) is 0.918. The van der Waals surface area contributed by atoms with Crippen LogP contribution >= 0.6 is 15.6 Å². The Morgan fingerprint density at radius 2 is 0.558 bits per heavy atom. The lowest BCUT2D eigenvalue weighted by atomic mass is 10.0. The Labute approximate surface area is 630 Å². The number of phosphoric acid groups is 2. The SMILES string of the molecule is CC/C=C\C/C=C\C/C=C\C/C=C\C/C=C\C/C=C\CCC(=O)OCC(COP(=O)(O)OCC(O)COP(=O)(O)OCC(COC(=O)C/C=C\C/C=C\C/C=C\C/C=C\C/C=C\CC)OC(=O)CCCCCCCCCCCCCCCCC)OC(=O)CCCCCCC/C=C\CCCCCCCC. The van der Waals surface area contributed by atoms with Crippen molar-refractivity contribution in [2.75, 3.05) is 39.6 Å². The maximum Gasteiger partial charge on any atom is 0.472 e. The first-order valence-corrected chi connectivity index (χ1v) is 43.1. The van der Waals surface area contributed by atoms with E-state index in [1.165, 1.54) is 103 Å². The van der Waals surface area contributed by atoms with Gasteiger partial charge in [-0.25, -0.2) is 9.13 Å². The Balaban J connectivity index is 5.49. The Hall–Kier alpha value is -5.06. The number of rotatable bonds is 74. The molecular formula is C85H142O17P2. The minimum atomic E-state index is -5.00. The molecule has 5 unspecified atom stereocenters. The lowest BCUT2D eigenvalue weighted by molar-refractivity contribution is -0.161. The van der Waals surface area contributed by atoms with Crippen LogP contribution in [0.5, 0.6) is 0 Å². The zero-order chi connectivity index (χ0) is 76.0. The van der Waals surface area contributed by atoms with Gasteiger partial charge in [0.15, 0.2) is 12.2 Å². The molecule has 0 aromatic rings. The predicted molar refractivity (Wildman–Crippen MR) is 427 cm³/mol. The van der Waals surface area contributed by atoms with Gasteiger partial charge in [0.25, 0.3) is 0 Å². The maximum atomic E-state index is 13.1. The molecule has 0 aromatic carbocycles. The molecule has 0 aromatic heterocycles. The van der Waals surface area contributed by atoms with Gasteiger partial charge in [-0.2, -0.15) is 0 Å². The first-order valence-electron chi connectivity index (χ1n) is 40.1. The van der Waals surface area contributed by atoms with Crippen LogP contribution in [-0.2, 0) is 65.4 Å². The Morgan fingerprint density at radius 3 is 0.894 bits per heavy atom. The van der Waals surface area contributed by atoms with Gasteiger partial charge in [0.05, 0.1) is 32.8 Å². The van der Waals surface area contributed by atoms with Gasteiger partial charge in [-0.3, -0.25) is 37.3 Å². The van der Waals surface area contributed by atoms with Gasteiger partial charge < -0.3 is 33.8 Å². The van der Waals surface area contributed by atoms with E-state index in [1.54, 1.807) is 6.08 Å². The van der Waals surface area contributed by atoms with Crippen molar-refractivity contribution in [1.29, 1.82) is 0 Å². The third-order valence-electron chi connectivity index (χ3n) is 16.3. The number of aliphatic hydroxyl groups is 1. The number of carbonyl (C=O) groups excluding carboxylic acids is 4. The Bertz CT molecular complexity index is 2540. The summed E-state index contributed by atoms with van der Waals surface area (Å²) in [6, 6.07) is 0. The molecule has 5 atom stereocenters. The molecule has 19 heteroatoms. The van der Waals surface area contributed by atoms with Gasteiger partial charge >= 0.3 is 39.5 Å². The monoisotopic (exact) mass is 1500 g/mol. The summed E-state index contributed by atoms with van der Waals surface area (Å²) in [6.07, 6.45) is 87.3. The fourth-order valence-corrected chi connectivity index (χ4v) is 11.9. The molecule has 0 bridgehead atoms. The number of ether oxygens (including phenoxy) is 4. The van der Waals surface area contributed by atoms with Crippen molar-refractivity contribution in [2.24, 2.45) is 0 Å². The van der Waals surface area contributed by atoms with Crippen molar-refractivity contribution >= 4 is 39.5 Å². The summed E-state index contributed by atoms with van der Waals surface area (Å²) in [6.45, 7) is 4.45. The molecule has 104 heavy (non-hydrogen) atoms. The number of carbonyl (C=O) groups is 4. The molecule has 3 N–H and O–H groups in total. The highest BCUT2D eigenvalue weighted by Crippen LogP contribution is 2.45. The first kappa shape index (κ1) is 98.9. The van der Waals surface area contributed by atoms with Crippen LogP contribution in [0, 0.1) is 0 Å². The quantitative estimate of drug-likeness (QED) is 0.0169. The number of unbranched alkanes of at least 4 members (excludes halogenated alkanes) is 25. The van der Waals surface area contributed by atoms with E-state index < -0.39 is 97.5 Å². The van der Waals surface area contributed by atoms with E-state index in [-0.39, 0.29) is 25.7 Å². The predicted octanol–water partition coefficient (Wildman–Crippen LogP) is 23.4. The molecule has 0 fully saturated rings. The second-order valence-corrected chi connectivity index (χ2v) is 29.2. The number of phosphoric ester groups is 2. The molecule has 0 saturated heterocycles. The normalized spacial score (nSPS) is 14.6. The number of esters is 4. The van der Waals surface area contributed by atoms with Gasteiger partial charge in [0, 0.05) is 19.3 Å². The molecule has 0 saturated carbocycles. The van der Waals surface area contributed by atoms with Gasteiger partial charge in [0.1, 0.15) is 19.3 Å². The van der Waals surface area contributed by atoms with E-state index in [9.17, 15) is 43.2 Å². The van der Waals surface area contributed by atoms with E-state index in [2.05, 4.69) is 131 Å². The first-order chi connectivity index (χ1) is 50.7. The van der Waals surface area contributed by atoms with Crippen LogP contribution in [0.1, 0.15) is 310 Å². The molecule has 0 aliphatic heterocycles. The van der Waals surface area contributed by atoms with Crippen LogP contribution in [0.25, 0.3) is 0 Å². The van der Waals surface area contributed by atoms with Crippen molar-refractivity contribution in [1.82, 2.24) is 0 Å². The summed E-state index contributed by atoms with van der Waals surface area (Å²) in [5.74, 6) is -2.43. The summed E-state index contributed by atoms with van der Waals surface area (Å²) in [5, 5.41) is 10.6. The maximum absolute atomic E-state index is 13.1. The van der Waals surface area contributed by atoms with Crippen LogP contribution < -0.4 is 0 Å². The average molecular weight is 1500 g/mol.